The van der Waals surface area contributed by atoms with Crippen LogP contribution in [0, 0.1) is 0 Å². The molecule has 0 atom stereocenters. The number of nitrogens with zero attached hydrogens (tertiary/aromatic N) is 3. The fourth-order valence-corrected chi connectivity index (χ4v) is 9.87. The van der Waals surface area contributed by atoms with Crippen LogP contribution >= 0.6 is 0 Å². The number of allylic oxidation sites excluding steroid dienone is 9. The highest BCUT2D eigenvalue weighted by molar-refractivity contribution is 6.02. The third-order valence-electron chi connectivity index (χ3n) is 12.6. The lowest BCUT2D eigenvalue weighted by molar-refractivity contribution is 0.794. The van der Waals surface area contributed by atoms with E-state index in [2.05, 4.69) is 184 Å². The summed E-state index contributed by atoms with van der Waals surface area (Å²) in [5.74, 6) is 1.89. The smallest absolute Gasteiger partial charge is 0.164 e. The normalized spacial score (nSPS) is 14.9. The Labute approximate surface area is 371 Å². The van der Waals surface area contributed by atoms with E-state index >= 15 is 0 Å². The van der Waals surface area contributed by atoms with Crippen molar-refractivity contribution in [3.63, 3.8) is 0 Å². The van der Waals surface area contributed by atoms with E-state index in [9.17, 15) is 0 Å². The lowest BCUT2D eigenvalue weighted by Gasteiger charge is -2.32. The number of hydrogen-bond donors (Lipinski definition) is 0. The Morgan fingerprint density at radius 2 is 1.03 bits per heavy atom. The van der Waals surface area contributed by atoms with Crippen molar-refractivity contribution in [1.29, 1.82) is 0 Å². The molecular weight excluding hydrogens is 763 g/mol. The summed E-state index contributed by atoms with van der Waals surface area (Å²) in [5, 5.41) is 0. The van der Waals surface area contributed by atoms with Gasteiger partial charge in [0.25, 0.3) is 0 Å². The SMILES string of the molecule is C=C/C=C\C(=C/C)c1cccc(-c2nc(-c3ccccc3)nc(-c3ccc(-c4ccc(-c5cccc6c5C5(C(=C/C)/C6=C\CC)c6ccccc6-c6ccccc65)cc4)cc3)n2)c1. The highest BCUT2D eigenvalue weighted by Gasteiger charge is 2.54. The maximum Gasteiger partial charge on any atom is 0.164 e. The molecule has 0 saturated carbocycles. The lowest BCUT2D eigenvalue weighted by atomic mass is 9.68. The fourth-order valence-electron chi connectivity index (χ4n) is 9.87. The summed E-state index contributed by atoms with van der Waals surface area (Å²) < 4.78 is 0. The van der Waals surface area contributed by atoms with Crippen molar-refractivity contribution in [1.82, 2.24) is 15.0 Å². The third-order valence-corrected chi connectivity index (χ3v) is 12.6. The van der Waals surface area contributed by atoms with Gasteiger partial charge >= 0.3 is 0 Å². The summed E-state index contributed by atoms with van der Waals surface area (Å²) in [4.78, 5) is 15.1. The Kier molecular flexibility index (Phi) is 10.4. The average Bonchev–Trinajstić information content (AvgIpc) is 3.81. The zero-order valence-electron chi connectivity index (χ0n) is 35.9. The minimum Gasteiger partial charge on any atom is -0.208 e. The van der Waals surface area contributed by atoms with Gasteiger partial charge in [0, 0.05) is 16.7 Å². The molecule has 0 aliphatic heterocycles. The molecule has 3 nitrogen and oxygen atoms in total. The summed E-state index contributed by atoms with van der Waals surface area (Å²) in [7, 11) is 0. The molecule has 0 bridgehead atoms. The van der Waals surface area contributed by atoms with Gasteiger partial charge in [-0.05, 0) is 104 Å². The van der Waals surface area contributed by atoms with Crippen molar-refractivity contribution < 1.29 is 0 Å². The van der Waals surface area contributed by atoms with E-state index in [0.717, 1.165) is 45.4 Å². The van der Waals surface area contributed by atoms with E-state index in [-0.39, 0.29) is 0 Å². The molecule has 0 fully saturated rings. The third kappa shape index (κ3) is 6.65. The molecule has 7 aromatic carbocycles. The molecule has 1 spiro atoms. The first-order valence-corrected chi connectivity index (χ1v) is 21.9. The first kappa shape index (κ1) is 39.4. The van der Waals surface area contributed by atoms with Crippen molar-refractivity contribution in [3.05, 3.63) is 246 Å². The molecule has 8 aromatic rings. The van der Waals surface area contributed by atoms with Crippen LogP contribution in [-0.2, 0) is 5.41 Å². The molecule has 63 heavy (non-hydrogen) atoms. The Hall–Kier alpha value is -7.75. The van der Waals surface area contributed by atoms with Crippen molar-refractivity contribution >= 4 is 11.1 Å². The topological polar surface area (TPSA) is 38.7 Å². The van der Waals surface area contributed by atoms with Gasteiger partial charge in [-0.15, -0.1) is 0 Å². The van der Waals surface area contributed by atoms with Gasteiger partial charge < -0.3 is 0 Å². The zero-order valence-corrected chi connectivity index (χ0v) is 35.9. The Bertz CT molecular complexity index is 3120. The van der Waals surface area contributed by atoms with Crippen LogP contribution in [0.1, 0.15) is 55.0 Å². The van der Waals surface area contributed by atoms with Crippen LogP contribution in [0.15, 0.2) is 218 Å². The Morgan fingerprint density at radius 1 is 0.524 bits per heavy atom. The molecule has 1 aromatic heterocycles. The van der Waals surface area contributed by atoms with E-state index in [4.69, 9.17) is 15.0 Å². The van der Waals surface area contributed by atoms with Gasteiger partial charge in [-0.2, -0.15) is 0 Å². The summed E-state index contributed by atoms with van der Waals surface area (Å²) in [5.41, 5.74) is 20.1. The molecule has 2 aliphatic carbocycles. The number of fused-ring (bicyclic) bond motifs is 7. The maximum absolute atomic E-state index is 5.07. The Morgan fingerprint density at radius 3 is 1.63 bits per heavy atom. The number of hydrogen-bond acceptors (Lipinski definition) is 3. The van der Waals surface area contributed by atoms with Gasteiger partial charge in [0.2, 0.25) is 0 Å². The first-order valence-electron chi connectivity index (χ1n) is 21.9. The first-order chi connectivity index (χ1) is 31.1. The molecule has 0 radical (unpaired) electrons. The molecule has 1 heterocycles. The predicted octanol–water partition coefficient (Wildman–Crippen LogP) is 15.4. The molecule has 0 saturated heterocycles. The molecule has 10 rings (SSSR count). The average molecular weight is 810 g/mol. The van der Waals surface area contributed by atoms with Crippen LogP contribution in [-0.4, -0.2) is 15.0 Å². The monoisotopic (exact) mass is 809 g/mol. The van der Waals surface area contributed by atoms with Crippen LogP contribution in [0.5, 0.6) is 0 Å². The van der Waals surface area contributed by atoms with Crippen LogP contribution in [0.4, 0.5) is 0 Å². The molecule has 2 aliphatic rings. The largest absolute Gasteiger partial charge is 0.208 e. The second kappa shape index (κ2) is 16.6. The molecule has 0 N–H and O–H groups in total. The summed E-state index contributed by atoms with van der Waals surface area (Å²) >= 11 is 0. The molecule has 0 amide bonds. The Balaban J connectivity index is 1.03. The highest BCUT2D eigenvalue weighted by Crippen LogP contribution is 2.65. The summed E-state index contributed by atoms with van der Waals surface area (Å²) in [6.45, 7) is 10.3. The number of aromatic nitrogens is 3. The van der Waals surface area contributed by atoms with Crippen molar-refractivity contribution in [2.75, 3.05) is 0 Å². The van der Waals surface area contributed by atoms with Gasteiger partial charge in [-0.1, -0.05) is 214 Å². The van der Waals surface area contributed by atoms with Gasteiger partial charge in [-0.25, -0.2) is 15.0 Å². The van der Waals surface area contributed by atoms with E-state index in [1.165, 1.54) is 55.7 Å². The van der Waals surface area contributed by atoms with E-state index in [1.807, 2.05) is 43.3 Å². The van der Waals surface area contributed by atoms with Gasteiger partial charge in [0.1, 0.15) is 0 Å². The summed E-state index contributed by atoms with van der Waals surface area (Å²) in [6.07, 6.45) is 13.6. The van der Waals surface area contributed by atoms with E-state index in [1.54, 1.807) is 6.08 Å². The van der Waals surface area contributed by atoms with Crippen molar-refractivity contribution in [3.8, 4) is 67.5 Å². The highest BCUT2D eigenvalue weighted by atomic mass is 15.0. The number of rotatable bonds is 9. The van der Waals surface area contributed by atoms with Crippen LogP contribution in [0.25, 0.3) is 78.7 Å². The van der Waals surface area contributed by atoms with Crippen LogP contribution in [0.2, 0.25) is 0 Å². The predicted molar refractivity (Wildman–Crippen MR) is 264 cm³/mol. The minimum absolute atomic E-state index is 0.403. The second-order valence-corrected chi connectivity index (χ2v) is 16.0. The lowest BCUT2D eigenvalue weighted by Crippen LogP contribution is -2.26. The van der Waals surface area contributed by atoms with Gasteiger partial charge in [-0.3, -0.25) is 0 Å². The minimum atomic E-state index is -0.403. The zero-order chi connectivity index (χ0) is 42.9. The maximum atomic E-state index is 5.07. The molecule has 302 valence electrons. The van der Waals surface area contributed by atoms with Crippen LogP contribution in [0.3, 0.4) is 0 Å². The van der Waals surface area contributed by atoms with Crippen molar-refractivity contribution in [2.24, 2.45) is 0 Å². The molecular formula is C60H47N3. The quantitative estimate of drug-likeness (QED) is 0.136. The second-order valence-electron chi connectivity index (χ2n) is 16.0. The van der Waals surface area contributed by atoms with Gasteiger partial charge in [0.05, 0.1) is 5.41 Å². The van der Waals surface area contributed by atoms with Crippen LogP contribution < -0.4 is 0 Å². The molecule has 0 unspecified atom stereocenters. The molecule has 3 heteroatoms. The number of benzene rings is 7. The van der Waals surface area contributed by atoms with Gasteiger partial charge in [0.15, 0.2) is 17.5 Å². The fraction of sp³-hybridized carbons (Fsp3) is 0.0833. The van der Waals surface area contributed by atoms with E-state index in [0.29, 0.717) is 17.5 Å². The van der Waals surface area contributed by atoms with Crippen molar-refractivity contribution in [2.45, 2.75) is 32.6 Å². The standard InChI is InChI=1S/C60H47N3/c1-5-9-20-40(7-3)46-23-17-24-47(39-46)59-62-57(44-21-11-10-12-22-44)61-58(63-59)45-37-33-42(34-38-45)41-31-35-43(36-32-41)48-27-18-28-52-49(19-6-2)53(8-4)60(56(48)52)54-29-15-13-25-50(54)51-26-14-16-30-55(51)60/h5,7-39H,1,6H2,2-4H3/b20-9-,40-7+,49-19-,53-8+. The summed E-state index contributed by atoms with van der Waals surface area (Å²) in [6, 6.07) is 61.1. The van der Waals surface area contributed by atoms with E-state index < -0.39 is 5.41 Å².